The molecule has 0 unspecified atom stereocenters. The lowest BCUT2D eigenvalue weighted by molar-refractivity contribution is -0.137. The van der Waals surface area contributed by atoms with Crippen molar-refractivity contribution in [3.63, 3.8) is 0 Å². The molecule has 7 heteroatoms. The van der Waals surface area contributed by atoms with Crippen molar-refractivity contribution in [1.82, 2.24) is 4.90 Å². The first-order chi connectivity index (χ1) is 9.62. The minimum Gasteiger partial charge on any atom is -0.481 e. The molecular formula is C14H18ClFN2O3. The number of carbonyl (C=O) groups excluding carboxylic acids is 1. The summed E-state index contributed by atoms with van der Waals surface area (Å²) in [5, 5.41) is 11.1. The highest BCUT2D eigenvalue weighted by atomic mass is 35.5. The van der Waals surface area contributed by atoms with Crippen molar-refractivity contribution >= 4 is 29.3 Å². The first-order valence-electron chi connectivity index (χ1n) is 6.37. The van der Waals surface area contributed by atoms with Gasteiger partial charge in [-0.05, 0) is 32.9 Å². The van der Waals surface area contributed by atoms with Crippen molar-refractivity contribution in [2.45, 2.75) is 32.7 Å². The van der Waals surface area contributed by atoms with Crippen LogP contribution in [-0.4, -0.2) is 34.1 Å². The molecular weight excluding hydrogens is 299 g/mol. The predicted molar refractivity (Wildman–Crippen MR) is 79.1 cm³/mol. The van der Waals surface area contributed by atoms with Gasteiger partial charge in [0.25, 0.3) is 0 Å². The highest BCUT2D eigenvalue weighted by Crippen LogP contribution is 2.23. The summed E-state index contributed by atoms with van der Waals surface area (Å²) < 4.78 is 13.8. The second-order valence-corrected chi connectivity index (χ2v) is 5.90. The number of aliphatic carboxylic acids is 1. The number of amides is 2. The number of carboxylic acid groups (broad SMARTS) is 1. The molecule has 0 fully saturated rings. The van der Waals surface area contributed by atoms with Gasteiger partial charge in [0.2, 0.25) is 0 Å². The molecule has 0 aliphatic heterocycles. The van der Waals surface area contributed by atoms with E-state index in [1.165, 1.54) is 23.1 Å². The van der Waals surface area contributed by atoms with Gasteiger partial charge in [0.15, 0.2) is 5.82 Å². The Bertz CT molecular complexity index is 544. The molecule has 0 spiro atoms. The Morgan fingerprint density at radius 1 is 1.38 bits per heavy atom. The Kier molecular flexibility index (Phi) is 5.54. The number of carboxylic acids is 1. The number of rotatable bonds is 4. The number of hydrogen-bond donors (Lipinski definition) is 2. The van der Waals surface area contributed by atoms with Crippen LogP contribution in [0.15, 0.2) is 18.2 Å². The molecule has 2 N–H and O–H groups in total. The summed E-state index contributed by atoms with van der Waals surface area (Å²) in [4.78, 5) is 24.3. The van der Waals surface area contributed by atoms with Crippen molar-refractivity contribution in [2.75, 3.05) is 11.9 Å². The summed E-state index contributed by atoms with van der Waals surface area (Å²) in [5.74, 6) is -1.73. The standard InChI is InChI=1S/C14H18ClFN2O3/c1-14(2,3)18(8-7-11(19)20)13(21)17-10-6-4-5-9(15)12(10)16/h4-6H,7-8H2,1-3H3,(H,17,21)(H,19,20). The number of halogens is 2. The SMILES string of the molecule is CC(C)(C)N(CCC(=O)O)C(=O)Nc1cccc(Cl)c1F. The molecule has 21 heavy (non-hydrogen) atoms. The minimum absolute atomic E-state index is 0.0207. The normalized spacial score (nSPS) is 11.1. The fourth-order valence-corrected chi connectivity index (χ4v) is 1.91. The zero-order valence-corrected chi connectivity index (χ0v) is 12.9. The maximum atomic E-state index is 13.8. The van der Waals surface area contributed by atoms with E-state index in [4.69, 9.17) is 16.7 Å². The largest absolute Gasteiger partial charge is 0.481 e. The van der Waals surface area contributed by atoms with Crippen molar-refractivity contribution < 1.29 is 19.1 Å². The lowest BCUT2D eigenvalue weighted by atomic mass is 10.1. The van der Waals surface area contributed by atoms with Crippen LogP contribution >= 0.6 is 11.6 Å². The molecule has 1 rings (SSSR count). The van der Waals surface area contributed by atoms with Crippen molar-refractivity contribution in [1.29, 1.82) is 0 Å². The summed E-state index contributed by atoms with van der Waals surface area (Å²) in [6.45, 7) is 5.32. The quantitative estimate of drug-likeness (QED) is 0.892. The number of anilines is 1. The second-order valence-electron chi connectivity index (χ2n) is 5.50. The van der Waals surface area contributed by atoms with E-state index in [9.17, 15) is 14.0 Å². The van der Waals surface area contributed by atoms with Crippen LogP contribution < -0.4 is 5.32 Å². The predicted octanol–water partition coefficient (Wildman–Crippen LogP) is 3.59. The Balaban J connectivity index is 2.91. The van der Waals surface area contributed by atoms with E-state index in [0.717, 1.165) is 0 Å². The van der Waals surface area contributed by atoms with Crippen LogP contribution in [0.5, 0.6) is 0 Å². The van der Waals surface area contributed by atoms with Crippen LogP contribution in [0.2, 0.25) is 5.02 Å². The highest BCUT2D eigenvalue weighted by Gasteiger charge is 2.27. The number of urea groups is 1. The molecule has 5 nitrogen and oxygen atoms in total. The van der Waals surface area contributed by atoms with E-state index >= 15 is 0 Å². The maximum absolute atomic E-state index is 13.8. The number of nitrogens with one attached hydrogen (secondary N) is 1. The number of hydrogen-bond acceptors (Lipinski definition) is 2. The molecule has 1 aromatic rings. The van der Waals surface area contributed by atoms with Gasteiger partial charge in [-0.25, -0.2) is 9.18 Å². The fourth-order valence-electron chi connectivity index (χ4n) is 1.73. The minimum atomic E-state index is -1.01. The summed E-state index contributed by atoms with van der Waals surface area (Å²) in [7, 11) is 0. The molecule has 0 aromatic heterocycles. The van der Waals surface area contributed by atoms with Gasteiger partial charge in [-0.15, -0.1) is 0 Å². The van der Waals surface area contributed by atoms with Crippen molar-refractivity contribution in [3.8, 4) is 0 Å². The molecule has 0 bridgehead atoms. The molecule has 116 valence electrons. The van der Waals surface area contributed by atoms with Gasteiger partial charge in [-0.3, -0.25) is 4.79 Å². The van der Waals surface area contributed by atoms with Crippen molar-refractivity contribution in [3.05, 3.63) is 29.0 Å². The smallest absolute Gasteiger partial charge is 0.322 e. The average Bonchev–Trinajstić information content (AvgIpc) is 2.33. The van der Waals surface area contributed by atoms with Gasteiger partial charge in [0.05, 0.1) is 17.1 Å². The third kappa shape index (κ3) is 4.90. The molecule has 0 aliphatic rings. The molecule has 2 amide bonds. The highest BCUT2D eigenvalue weighted by molar-refractivity contribution is 6.31. The Hall–Kier alpha value is -1.82. The van der Waals surface area contributed by atoms with Gasteiger partial charge >= 0.3 is 12.0 Å². The number of benzene rings is 1. The maximum Gasteiger partial charge on any atom is 0.322 e. The molecule has 0 radical (unpaired) electrons. The summed E-state index contributed by atoms with van der Waals surface area (Å²) >= 11 is 5.65. The molecule has 0 heterocycles. The molecule has 0 atom stereocenters. The summed E-state index contributed by atoms with van der Waals surface area (Å²) in [6.07, 6.45) is -0.192. The van der Waals surface area contributed by atoms with Crippen LogP contribution in [-0.2, 0) is 4.79 Å². The Labute approximate surface area is 127 Å². The zero-order valence-electron chi connectivity index (χ0n) is 12.1. The molecule has 0 saturated heterocycles. The van der Waals surface area contributed by atoms with E-state index in [0.29, 0.717) is 0 Å². The summed E-state index contributed by atoms with van der Waals surface area (Å²) in [5.41, 5.74) is -0.647. The van der Waals surface area contributed by atoms with E-state index in [-0.39, 0.29) is 23.7 Å². The van der Waals surface area contributed by atoms with Gasteiger partial charge in [0.1, 0.15) is 0 Å². The van der Waals surface area contributed by atoms with Crippen LogP contribution in [0.3, 0.4) is 0 Å². The average molecular weight is 317 g/mol. The lowest BCUT2D eigenvalue weighted by Gasteiger charge is -2.35. The Morgan fingerprint density at radius 2 is 2.00 bits per heavy atom. The topological polar surface area (TPSA) is 69.6 Å². The van der Waals surface area contributed by atoms with Crippen LogP contribution in [0.4, 0.5) is 14.9 Å². The van der Waals surface area contributed by atoms with E-state index in [1.54, 1.807) is 20.8 Å². The lowest BCUT2D eigenvalue weighted by Crippen LogP contribution is -2.48. The third-order valence-electron chi connectivity index (χ3n) is 2.80. The molecule has 1 aromatic carbocycles. The van der Waals surface area contributed by atoms with Gasteiger partial charge in [-0.2, -0.15) is 0 Å². The first kappa shape index (κ1) is 17.2. The second kappa shape index (κ2) is 6.76. The zero-order chi connectivity index (χ0) is 16.2. The first-order valence-corrected chi connectivity index (χ1v) is 6.75. The van der Waals surface area contributed by atoms with Crippen LogP contribution in [0.25, 0.3) is 0 Å². The summed E-state index contributed by atoms with van der Waals surface area (Å²) in [6, 6.07) is 3.69. The molecule has 0 saturated carbocycles. The third-order valence-corrected chi connectivity index (χ3v) is 3.09. The monoisotopic (exact) mass is 316 g/mol. The van der Waals surface area contributed by atoms with E-state index in [2.05, 4.69) is 5.32 Å². The number of nitrogens with zero attached hydrogens (tertiary/aromatic N) is 1. The number of carbonyl (C=O) groups is 2. The fraction of sp³-hybridized carbons (Fsp3) is 0.429. The van der Waals surface area contributed by atoms with Crippen molar-refractivity contribution in [2.24, 2.45) is 0 Å². The van der Waals surface area contributed by atoms with Gasteiger partial charge < -0.3 is 15.3 Å². The van der Waals surface area contributed by atoms with Gasteiger partial charge in [0, 0.05) is 12.1 Å². The van der Waals surface area contributed by atoms with Crippen LogP contribution in [0.1, 0.15) is 27.2 Å². The van der Waals surface area contributed by atoms with Crippen LogP contribution in [0, 0.1) is 5.82 Å². The molecule has 0 aliphatic carbocycles. The Morgan fingerprint density at radius 3 is 2.52 bits per heavy atom. The van der Waals surface area contributed by atoms with Gasteiger partial charge in [-0.1, -0.05) is 17.7 Å². The van der Waals surface area contributed by atoms with E-state index < -0.39 is 23.4 Å². The van der Waals surface area contributed by atoms with E-state index in [1.807, 2.05) is 0 Å².